The Morgan fingerprint density at radius 3 is 2.17 bits per heavy atom. The van der Waals surface area contributed by atoms with E-state index in [9.17, 15) is 9.59 Å². The SMILES string of the molecule is CCOC(=O)CCC(=O)N1CCN([C@@H](c2ccccc2)c2ccc(Cl)cc2)CC1. The van der Waals surface area contributed by atoms with Crippen molar-refractivity contribution in [3.8, 4) is 0 Å². The molecule has 29 heavy (non-hydrogen) atoms. The number of benzene rings is 2. The van der Waals surface area contributed by atoms with Gasteiger partial charge in [-0.2, -0.15) is 0 Å². The summed E-state index contributed by atoms with van der Waals surface area (Å²) in [5.74, 6) is -0.299. The van der Waals surface area contributed by atoms with Crippen molar-refractivity contribution in [1.82, 2.24) is 9.80 Å². The van der Waals surface area contributed by atoms with Crippen LogP contribution in [0.4, 0.5) is 0 Å². The van der Waals surface area contributed by atoms with Gasteiger partial charge in [0, 0.05) is 37.6 Å². The standard InChI is InChI=1S/C23H27ClN2O3/c1-2-29-22(28)13-12-21(27)25-14-16-26(17-15-25)23(18-6-4-3-5-7-18)19-8-10-20(24)11-9-19/h3-11,23H,2,12-17H2,1H3/t23-/m0/s1. The third-order valence-corrected chi connectivity index (χ3v) is 5.43. The summed E-state index contributed by atoms with van der Waals surface area (Å²) in [5.41, 5.74) is 2.40. The van der Waals surface area contributed by atoms with Gasteiger partial charge in [-0.05, 0) is 30.2 Å². The number of ether oxygens (including phenoxy) is 1. The Morgan fingerprint density at radius 1 is 0.931 bits per heavy atom. The van der Waals surface area contributed by atoms with Crippen molar-refractivity contribution in [2.45, 2.75) is 25.8 Å². The molecule has 0 spiro atoms. The van der Waals surface area contributed by atoms with Crippen LogP contribution in [0.2, 0.25) is 5.02 Å². The number of amides is 1. The van der Waals surface area contributed by atoms with Crippen LogP contribution in [0.5, 0.6) is 0 Å². The molecule has 6 heteroatoms. The van der Waals surface area contributed by atoms with Crippen LogP contribution in [0.25, 0.3) is 0 Å². The van der Waals surface area contributed by atoms with E-state index < -0.39 is 0 Å². The Bertz CT molecular complexity index is 803. The third kappa shape index (κ3) is 5.81. The van der Waals surface area contributed by atoms with Crippen LogP contribution >= 0.6 is 11.6 Å². The highest BCUT2D eigenvalue weighted by atomic mass is 35.5. The number of carbonyl (C=O) groups excluding carboxylic acids is 2. The molecule has 1 amide bonds. The molecule has 1 aliphatic heterocycles. The molecule has 3 rings (SSSR count). The van der Waals surface area contributed by atoms with Crippen LogP contribution in [0.1, 0.15) is 36.9 Å². The molecule has 1 fully saturated rings. The van der Waals surface area contributed by atoms with Gasteiger partial charge in [0.2, 0.25) is 5.91 Å². The third-order valence-electron chi connectivity index (χ3n) is 5.18. The lowest BCUT2D eigenvalue weighted by molar-refractivity contribution is -0.146. The van der Waals surface area contributed by atoms with Crippen LogP contribution in [0.15, 0.2) is 54.6 Å². The van der Waals surface area contributed by atoms with Gasteiger partial charge < -0.3 is 9.64 Å². The lowest BCUT2D eigenvalue weighted by atomic mass is 9.96. The zero-order valence-corrected chi connectivity index (χ0v) is 17.5. The molecular formula is C23H27ClN2O3. The summed E-state index contributed by atoms with van der Waals surface area (Å²) >= 11 is 6.08. The molecule has 5 nitrogen and oxygen atoms in total. The number of hydrogen-bond donors (Lipinski definition) is 0. The van der Waals surface area contributed by atoms with Gasteiger partial charge in [0.1, 0.15) is 0 Å². The van der Waals surface area contributed by atoms with Crippen molar-refractivity contribution in [1.29, 1.82) is 0 Å². The highest BCUT2D eigenvalue weighted by Gasteiger charge is 2.28. The quantitative estimate of drug-likeness (QED) is 0.644. The van der Waals surface area contributed by atoms with E-state index in [4.69, 9.17) is 16.3 Å². The molecule has 1 heterocycles. The summed E-state index contributed by atoms with van der Waals surface area (Å²) < 4.78 is 4.91. The summed E-state index contributed by atoms with van der Waals surface area (Å²) in [7, 11) is 0. The average Bonchev–Trinajstić information content (AvgIpc) is 2.75. The van der Waals surface area contributed by atoms with Gasteiger partial charge in [0.05, 0.1) is 19.1 Å². The number of halogens is 1. The first-order chi connectivity index (χ1) is 14.1. The number of rotatable bonds is 7. The molecule has 154 valence electrons. The van der Waals surface area contributed by atoms with Crippen molar-refractivity contribution in [2.75, 3.05) is 32.8 Å². The van der Waals surface area contributed by atoms with Gasteiger partial charge in [-0.1, -0.05) is 54.1 Å². The predicted molar refractivity (Wildman–Crippen MR) is 114 cm³/mol. The van der Waals surface area contributed by atoms with Crippen LogP contribution in [-0.2, 0) is 14.3 Å². The molecule has 0 aromatic heterocycles. The second kappa shape index (κ2) is 10.4. The van der Waals surface area contributed by atoms with Crippen molar-refractivity contribution in [2.24, 2.45) is 0 Å². The highest BCUT2D eigenvalue weighted by molar-refractivity contribution is 6.30. The fourth-order valence-electron chi connectivity index (χ4n) is 3.72. The van der Waals surface area contributed by atoms with E-state index in [1.165, 1.54) is 11.1 Å². The molecule has 0 bridgehead atoms. The monoisotopic (exact) mass is 414 g/mol. The lowest BCUT2D eigenvalue weighted by Gasteiger charge is -2.39. The molecule has 1 saturated heterocycles. The van der Waals surface area contributed by atoms with Gasteiger partial charge in [-0.3, -0.25) is 14.5 Å². The van der Waals surface area contributed by atoms with E-state index in [0.717, 1.165) is 18.1 Å². The molecule has 1 atom stereocenters. The van der Waals surface area contributed by atoms with E-state index in [2.05, 4.69) is 29.2 Å². The van der Waals surface area contributed by atoms with E-state index in [1.807, 2.05) is 35.2 Å². The number of carbonyl (C=O) groups is 2. The number of hydrogen-bond acceptors (Lipinski definition) is 4. The van der Waals surface area contributed by atoms with Gasteiger partial charge in [0.25, 0.3) is 0 Å². The molecule has 0 N–H and O–H groups in total. The van der Waals surface area contributed by atoms with Crippen molar-refractivity contribution in [3.63, 3.8) is 0 Å². The maximum absolute atomic E-state index is 12.4. The molecule has 0 saturated carbocycles. The van der Waals surface area contributed by atoms with Crippen LogP contribution < -0.4 is 0 Å². The van der Waals surface area contributed by atoms with Crippen LogP contribution in [0, 0.1) is 0 Å². The summed E-state index contributed by atoms with van der Waals surface area (Å²) in [4.78, 5) is 28.2. The maximum Gasteiger partial charge on any atom is 0.306 e. The molecule has 1 aliphatic rings. The van der Waals surface area contributed by atoms with Gasteiger partial charge >= 0.3 is 5.97 Å². The normalized spacial score (nSPS) is 15.7. The Morgan fingerprint density at radius 2 is 1.55 bits per heavy atom. The van der Waals surface area contributed by atoms with Crippen molar-refractivity contribution < 1.29 is 14.3 Å². The maximum atomic E-state index is 12.4. The first kappa shape index (κ1) is 21.3. The van der Waals surface area contributed by atoms with E-state index >= 15 is 0 Å². The minimum atomic E-state index is -0.314. The summed E-state index contributed by atoms with van der Waals surface area (Å²) in [6, 6.07) is 18.5. The molecule has 2 aromatic rings. The Hall–Kier alpha value is -2.37. The first-order valence-corrected chi connectivity index (χ1v) is 10.4. The molecule has 0 unspecified atom stereocenters. The Balaban J connectivity index is 1.65. The highest BCUT2D eigenvalue weighted by Crippen LogP contribution is 2.30. The first-order valence-electron chi connectivity index (χ1n) is 10.1. The number of esters is 1. The number of nitrogens with zero attached hydrogens (tertiary/aromatic N) is 2. The predicted octanol–water partition coefficient (Wildman–Crippen LogP) is 3.92. The minimum absolute atomic E-state index is 0.0143. The van der Waals surface area contributed by atoms with Gasteiger partial charge in [-0.15, -0.1) is 0 Å². The Kier molecular flexibility index (Phi) is 7.67. The van der Waals surface area contributed by atoms with Crippen molar-refractivity contribution in [3.05, 3.63) is 70.7 Å². The van der Waals surface area contributed by atoms with Crippen LogP contribution in [-0.4, -0.2) is 54.5 Å². The fourth-order valence-corrected chi connectivity index (χ4v) is 3.85. The van der Waals surface area contributed by atoms with Crippen LogP contribution in [0.3, 0.4) is 0 Å². The smallest absolute Gasteiger partial charge is 0.306 e. The zero-order chi connectivity index (χ0) is 20.6. The molecular weight excluding hydrogens is 388 g/mol. The van der Waals surface area contributed by atoms with E-state index in [0.29, 0.717) is 19.7 Å². The average molecular weight is 415 g/mol. The summed E-state index contributed by atoms with van der Waals surface area (Å²) in [6.07, 6.45) is 0.350. The molecule has 0 radical (unpaired) electrons. The second-order valence-corrected chi connectivity index (χ2v) is 7.52. The molecule has 0 aliphatic carbocycles. The minimum Gasteiger partial charge on any atom is -0.466 e. The van der Waals surface area contributed by atoms with Crippen molar-refractivity contribution >= 4 is 23.5 Å². The van der Waals surface area contributed by atoms with Gasteiger partial charge in [0.15, 0.2) is 0 Å². The topological polar surface area (TPSA) is 49.9 Å². The molecule has 2 aromatic carbocycles. The second-order valence-electron chi connectivity index (χ2n) is 7.09. The summed E-state index contributed by atoms with van der Waals surface area (Å²) in [6.45, 7) is 4.96. The lowest BCUT2D eigenvalue weighted by Crippen LogP contribution is -2.49. The fraction of sp³-hybridized carbons (Fsp3) is 0.391. The Labute approximate surface area is 177 Å². The number of piperazine rings is 1. The largest absolute Gasteiger partial charge is 0.466 e. The summed E-state index contributed by atoms with van der Waals surface area (Å²) in [5, 5.41) is 0.720. The van der Waals surface area contributed by atoms with Gasteiger partial charge in [-0.25, -0.2) is 0 Å². The van der Waals surface area contributed by atoms with E-state index in [1.54, 1.807) is 6.92 Å². The zero-order valence-electron chi connectivity index (χ0n) is 16.7. The van der Waals surface area contributed by atoms with E-state index in [-0.39, 0.29) is 30.8 Å².